The van der Waals surface area contributed by atoms with Gasteiger partial charge in [0.15, 0.2) is 11.8 Å². The lowest BCUT2D eigenvalue weighted by Crippen LogP contribution is -2.39. The van der Waals surface area contributed by atoms with Crippen molar-refractivity contribution in [3.05, 3.63) is 66.1 Å². The van der Waals surface area contributed by atoms with E-state index >= 15 is 0 Å². The van der Waals surface area contributed by atoms with Gasteiger partial charge >= 0.3 is 0 Å². The van der Waals surface area contributed by atoms with Crippen molar-refractivity contribution >= 4 is 5.96 Å². The molecule has 1 aromatic carbocycles. The first kappa shape index (κ1) is 17.6. The molecule has 2 aromatic heterocycles. The summed E-state index contributed by atoms with van der Waals surface area (Å²) in [6.07, 6.45) is 3.28. The van der Waals surface area contributed by atoms with Crippen LogP contribution in [-0.2, 0) is 12.8 Å². The minimum atomic E-state index is 0.436. The Bertz CT molecular complexity index is 816. The molecule has 0 aliphatic rings. The number of rotatable bonds is 7. The van der Waals surface area contributed by atoms with Gasteiger partial charge in [0.2, 0.25) is 0 Å². The molecule has 7 nitrogen and oxygen atoms in total. The van der Waals surface area contributed by atoms with Crippen molar-refractivity contribution in [1.29, 1.82) is 0 Å². The van der Waals surface area contributed by atoms with E-state index < -0.39 is 0 Å². The maximum atomic E-state index is 5.25. The van der Waals surface area contributed by atoms with Gasteiger partial charge < -0.3 is 15.2 Å². The molecule has 0 saturated carbocycles. The third-order valence-electron chi connectivity index (χ3n) is 3.77. The van der Waals surface area contributed by atoms with Crippen molar-refractivity contribution in [3.63, 3.8) is 0 Å². The first-order valence-electron chi connectivity index (χ1n) is 8.57. The van der Waals surface area contributed by atoms with Gasteiger partial charge in [-0.15, -0.1) is 0 Å². The van der Waals surface area contributed by atoms with Gasteiger partial charge in [-0.25, -0.2) is 0 Å². The van der Waals surface area contributed by atoms with Crippen LogP contribution in [-0.4, -0.2) is 41.2 Å². The van der Waals surface area contributed by atoms with Crippen molar-refractivity contribution in [2.45, 2.75) is 12.8 Å². The number of guanidine groups is 1. The largest absolute Gasteiger partial charge is 0.356 e. The average Bonchev–Trinajstić information content (AvgIpc) is 3.17. The zero-order chi connectivity index (χ0) is 18.0. The summed E-state index contributed by atoms with van der Waals surface area (Å²) in [7, 11) is 1.76. The zero-order valence-electron chi connectivity index (χ0n) is 14.7. The quantitative estimate of drug-likeness (QED) is 0.501. The maximum absolute atomic E-state index is 5.25. The first-order valence-corrected chi connectivity index (χ1v) is 8.57. The number of benzene rings is 1. The summed E-state index contributed by atoms with van der Waals surface area (Å²) < 4.78 is 5.25. The van der Waals surface area contributed by atoms with Crippen LogP contribution in [0.5, 0.6) is 0 Å². The van der Waals surface area contributed by atoms with Gasteiger partial charge in [0.25, 0.3) is 5.89 Å². The molecule has 3 rings (SSSR count). The van der Waals surface area contributed by atoms with E-state index in [9.17, 15) is 0 Å². The summed E-state index contributed by atoms with van der Waals surface area (Å²) >= 11 is 0. The molecule has 3 aromatic rings. The smallest absolute Gasteiger partial charge is 0.276 e. The van der Waals surface area contributed by atoms with Crippen LogP contribution in [0, 0.1) is 0 Å². The number of nitrogens with zero attached hydrogens (tertiary/aromatic N) is 4. The van der Waals surface area contributed by atoms with E-state index in [1.165, 1.54) is 5.56 Å². The number of aromatic nitrogens is 3. The third kappa shape index (κ3) is 5.14. The van der Waals surface area contributed by atoms with Crippen molar-refractivity contribution < 1.29 is 4.52 Å². The summed E-state index contributed by atoms with van der Waals surface area (Å²) in [5, 5.41) is 10.5. The van der Waals surface area contributed by atoms with E-state index in [0.29, 0.717) is 30.4 Å². The van der Waals surface area contributed by atoms with E-state index in [0.717, 1.165) is 18.9 Å². The fourth-order valence-electron chi connectivity index (χ4n) is 2.43. The topological polar surface area (TPSA) is 88.2 Å². The predicted octanol–water partition coefficient (Wildman–Crippen LogP) is 2.08. The van der Waals surface area contributed by atoms with Crippen molar-refractivity contribution in [2.75, 3.05) is 20.1 Å². The van der Waals surface area contributed by atoms with Gasteiger partial charge in [0.05, 0.1) is 0 Å². The van der Waals surface area contributed by atoms with Crippen LogP contribution < -0.4 is 10.6 Å². The summed E-state index contributed by atoms with van der Waals surface area (Å²) in [6.45, 7) is 1.47. The van der Waals surface area contributed by atoms with Crippen LogP contribution in [0.15, 0.2) is 64.2 Å². The minimum Gasteiger partial charge on any atom is -0.356 e. The molecule has 0 unspecified atom stereocenters. The predicted molar refractivity (Wildman–Crippen MR) is 101 cm³/mol. The number of nitrogens with one attached hydrogen (secondary N) is 2. The molecule has 2 heterocycles. The minimum absolute atomic E-state index is 0.436. The van der Waals surface area contributed by atoms with E-state index in [2.05, 4.69) is 42.9 Å². The summed E-state index contributed by atoms with van der Waals surface area (Å²) in [5.74, 6) is 1.83. The van der Waals surface area contributed by atoms with Crippen molar-refractivity contribution in [2.24, 2.45) is 4.99 Å². The van der Waals surface area contributed by atoms with Gasteiger partial charge in [-0.2, -0.15) is 4.98 Å². The fraction of sp³-hybridized carbons (Fsp3) is 0.263. The third-order valence-corrected chi connectivity index (χ3v) is 3.77. The Morgan fingerprint density at radius 1 is 1.00 bits per heavy atom. The highest BCUT2D eigenvalue weighted by Gasteiger charge is 2.09. The lowest BCUT2D eigenvalue weighted by Gasteiger charge is -2.11. The highest BCUT2D eigenvalue weighted by Crippen LogP contribution is 2.13. The van der Waals surface area contributed by atoms with E-state index in [-0.39, 0.29) is 0 Å². The normalized spacial score (nSPS) is 11.3. The van der Waals surface area contributed by atoms with Crippen LogP contribution in [0.3, 0.4) is 0 Å². The molecule has 0 radical (unpaired) electrons. The second kappa shape index (κ2) is 9.31. The Kier molecular flexibility index (Phi) is 6.30. The Labute approximate surface area is 152 Å². The number of pyridine rings is 1. The molecule has 2 N–H and O–H groups in total. The Morgan fingerprint density at radius 2 is 1.77 bits per heavy atom. The van der Waals surface area contributed by atoms with Gasteiger partial charge in [-0.1, -0.05) is 41.6 Å². The van der Waals surface area contributed by atoms with Crippen LogP contribution >= 0.6 is 0 Å². The molecule has 0 fully saturated rings. The standard InChI is InChI=1S/C19H22N6O/c1-20-19(22-13-10-15-7-3-2-4-8-15)23-14-11-17-24-18(26-25-17)16-9-5-6-12-21-16/h2-9,12H,10-11,13-14H2,1H3,(H2,20,22,23). The molecular weight excluding hydrogens is 328 g/mol. The Morgan fingerprint density at radius 3 is 2.50 bits per heavy atom. The fourth-order valence-corrected chi connectivity index (χ4v) is 2.43. The molecular formula is C19H22N6O. The molecule has 134 valence electrons. The van der Waals surface area contributed by atoms with Crippen molar-refractivity contribution in [1.82, 2.24) is 25.8 Å². The molecule has 0 aliphatic carbocycles. The molecule has 0 saturated heterocycles. The molecule has 0 bridgehead atoms. The van der Waals surface area contributed by atoms with E-state index in [1.54, 1.807) is 13.2 Å². The van der Waals surface area contributed by atoms with E-state index in [4.69, 9.17) is 4.52 Å². The van der Waals surface area contributed by atoms with Gasteiger partial charge in [-0.05, 0) is 24.1 Å². The van der Waals surface area contributed by atoms with Crippen LogP contribution in [0.4, 0.5) is 0 Å². The SMILES string of the molecule is CN=C(NCCc1ccccc1)NCCc1noc(-c2ccccn2)n1. The monoisotopic (exact) mass is 350 g/mol. The lowest BCUT2D eigenvalue weighted by molar-refractivity contribution is 0.421. The van der Waals surface area contributed by atoms with Crippen LogP contribution in [0.2, 0.25) is 0 Å². The average molecular weight is 350 g/mol. The molecule has 0 aliphatic heterocycles. The molecule has 0 spiro atoms. The number of hydrogen-bond donors (Lipinski definition) is 2. The zero-order valence-corrected chi connectivity index (χ0v) is 14.7. The van der Waals surface area contributed by atoms with Gasteiger partial charge in [-0.3, -0.25) is 9.98 Å². The van der Waals surface area contributed by atoms with Gasteiger partial charge in [0, 0.05) is 32.8 Å². The highest BCUT2D eigenvalue weighted by atomic mass is 16.5. The molecule has 26 heavy (non-hydrogen) atoms. The Hall–Kier alpha value is -3.22. The van der Waals surface area contributed by atoms with Crippen LogP contribution in [0.25, 0.3) is 11.6 Å². The van der Waals surface area contributed by atoms with E-state index in [1.807, 2.05) is 36.4 Å². The van der Waals surface area contributed by atoms with Crippen molar-refractivity contribution in [3.8, 4) is 11.6 Å². The second-order valence-corrected chi connectivity index (χ2v) is 5.64. The number of hydrogen-bond acceptors (Lipinski definition) is 5. The summed E-state index contributed by atoms with van der Waals surface area (Å²) in [5.41, 5.74) is 1.97. The molecule has 7 heteroatoms. The van der Waals surface area contributed by atoms with Crippen LogP contribution in [0.1, 0.15) is 11.4 Å². The summed E-state index contributed by atoms with van der Waals surface area (Å²) in [4.78, 5) is 12.8. The number of aliphatic imine (C=N–C) groups is 1. The summed E-state index contributed by atoms with van der Waals surface area (Å²) in [6, 6.07) is 15.9. The Balaban J connectivity index is 1.41. The van der Waals surface area contributed by atoms with Gasteiger partial charge in [0.1, 0.15) is 5.69 Å². The lowest BCUT2D eigenvalue weighted by atomic mass is 10.1. The maximum Gasteiger partial charge on any atom is 0.276 e. The highest BCUT2D eigenvalue weighted by molar-refractivity contribution is 5.79. The first-order chi connectivity index (χ1) is 12.8. The molecule has 0 amide bonds. The second-order valence-electron chi connectivity index (χ2n) is 5.64. The molecule has 0 atom stereocenters.